The Morgan fingerprint density at radius 1 is 1.00 bits per heavy atom. The summed E-state index contributed by atoms with van der Waals surface area (Å²) in [5, 5.41) is 8.68. The van der Waals surface area contributed by atoms with Gasteiger partial charge in [0.15, 0.2) is 0 Å². The van der Waals surface area contributed by atoms with Gasteiger partial charge < -0.3 is 14.6 Å². The van der Waals surface area contributed by atoms with E-state index in [1.165, 1.54) is 0 Å². The van der Waals surface area contributed by atoms with Gasteiger partial charge in [-0.25, -0.2) is 0 Å². The Hall–Kier alpha value is -2.44. The molecule has 0 saturated carbocycles. The Morgan fingerprint density at radius 3 is 2.48 bits per heavy atom. The highest BCUT2D eigenvalue weighted by Gasteiger charge is 2.00. The molecule has 0 aliphatic carbocycles. The highest BCUT2D eigenvalue weighted by Crippen LogP contribution is 2.18. The van der Waals surface area contributed by atoms with Gasteiger partial charge in [0.25, 0.3) is 0 Å². The Morgan fingerprint density at radius 2 is 1.76 bits per heavy atom. The number of benzene rings is 2. The molecule has 0 aliphatic heterocycles. The first-order chi connectivity index (χ1) is 10.3. The Kier molecular flexibility index (Phi) is 5.69. The van der Waals surface area contributed by atoms with Crippen LogP contribution in [0.15, 0.2) is 48.5 Å². The molecule has 0 aromatic heterocycles. The number of aliphatic hydroxyl groups excluding tert-OH is 1. The molecule has 0 fully saturated rings. The fourth-order valence-corrected chi connectivity index (χ4v) is 1.86. The molecule has 0 bridgehead atoms. The molecule has 0 amide bonds. The summed E-state index contributed by atoms with van der Waals surface area (Å²) in [4.78, 5) is 0. The molecule has 2 aromatic carbocycles. The molecular formula is C18H18O3. The average molecular weight is 282 g/mol. The second kappa shape index (κ2) is 7.98. The van der Waals surface area contributed by atoms with Crippen molar-refractivity contribution in [1.29, 1.82) is 0 Å². The zero-order valence-corrected chi connectivity index (χ0v) is 12.0. The summed E-state index contributed by atoms with van der Waals surface area (Å²) < 4.78 is 11.3. The van der Waals surface area contributed by atoms with Crippen molar-refractivity contribution in [2.75, 3.05) is 19.8 Å². The first-order valence-corrected chi connectivity index (χ1v) is 6.80. The van der Waals surface area contributed by atoms with E-state index in [2.05, 4.69) is 11.8 Å². The number of rotatable bonds is 5. The molecule has 3 nitrogen and oxygen atoms in total. The van der Waals surface area contributed by atoms with E-state index in [9.17, 15) is 0 Å². The van der Waals surface area contributed by atoms with Crippen molar-refractivity contribution >= 4 is 0 Å². The van der Waals surface area contributed by atoms with Gasteiger partial charge in [-0.3, -0.25) is 0 Å². The molecule has 108 valence electrons. The maximum Gasteiger partial charge on any atom is 0.122 e. The summed E-state index contributed by atoms with van der Waals surface area (Å²) in [6, 6.07) is 15.4. The molecular weight excluding hydrogens is 264 g/mol. The minimum atomic E-state index is -0.131. The molecule has 1 N–H and O–H groups in total. The summed E-state index contributed by atoms with van der Waals surface area (Å²) in [6.07, 6.45) is 0. The highest BCUT2D eigenvalue weighted by molar-refractivity contribution is 5.43. The van der Waals surface area contributed by atoms with E-state index in [0.717, 1.165) is 22.6 Å². The van der Waals surface area contributed by atoms with Gasteiger partial charge in [-0.2, -0.15) is 0 Å². The fourth-order valence-electron chi connectivity index (χ4n) is 1.86. The Bertz CT molecular complexity index is 624. The van der Waals surface area contributed by atoms with Gasteiger partial charge >= 0.3 is 0 Å². The van der Waals surface area contributed by atoms with Crippen LogP contribution < -0.4 is 9.47 Å². The van der Waals surface area contributed by atoms with Crippen LogP contribution in [0.4, 0.5) is 0 Å². The van der Waals surface area contributed by atoms with E-state index in [4.69, 9.17) is 14.6 Å². The summed E-state index contributed by atoms with van der Waals surface area (Å²) in [5.74, 6) is 7.16. The molecule has 2 aromatic rings. The van der Waals surface area contributed by atoms with Crippen LogP contribution in [-0.2, 0) is 0 Å². The third-order valence-corrected chi connectivity index (χ3v) is 2.84. The van der Waals surface area contributed by atoms with Crippen LogP contribution in [0.3, 0.4) is 0 Å². The van der Waals surface area contributed by atoms with Crippen molar-refractivity contribution in [1.82, 2.24) is 0 Å². The topological polar surface area (TPSA) is 38.7 Å². The number of ether oxygens (including phenoxy) is 2. The summed E-state index contributed by atoms with van der Waals surface area (Å²) >= 11 is 0. The maximum absolute atomic E-state index is 8.68. The lowest BCUT2D eigenvalue weighted by molar-refractivity contribution is 0.216. The van der Waals surface area contributed by atoms with E-state index in [-0.39, 0.29) is 6.61 Å². The quantitative estimate of drug-likeness (QED) is 0.677. The van der Waals surface area contributed by atoms with E-state index in [1.54, 1.807) is 0 Å². The third-order valence-electron chi connectivity index (χ3n) is 2.84. The van der Waals surface area contributed by atoms with Crippen LogP contribution in [0.1, 0.15) is 11.1 Å². The van der Waals surface area contributed by atoms with Crippen molar-refractivity contribution < 1.29 is 14.6 Å². The van der Waals surface area contributed by atoms with Gasteiger partial charge in [0.2, 0.25) is 0 Å². The zero-order chi connectivity index (χ0) is 14.9. The Balaban J connectivity index is 1.83. The lowest BCUT2D eigenvalue weighted by Crippen LogP contribution is -2.09. The standard InChI is InChI=1S/C18H18O3/c1-15-14-16(6-5-11-19)9-10-18(15)21-13-12-20-17-7-3-2-4-8-17/h2-4,7-10,14,19H,11-13H2,1H3. The minimum Gasteiger partial charge on any atom is -0.490 e. The highest BCUT2D eigenvalue weighted by atomic mass is 16.5. The van der Waals surface area contributed by atoms with Gasteiger partial charge in [0.1, 0.15) is 31.3 Å². The molecule has 21 heavy (non-hydrogen) atoms. The van der Waals surface area contributed by atoms with Crippen molar-refractivity contribution in [3.63, 3.8) is 0 Å². The van der Waals surface area contributed by atoms with Crippen LogP contribution in [0.25, 0.3) is 0 Å². The third kappa shape index (κ3) is 4.87. The molecule has 0 spiro atoms. The molecule has 0 radical (unpaired) electrons. The van der Waals surface area contributed by atoms with Gasteiger partial charge in [-0.15, -0.1) is 0 Å². The first-order valence-electron chi connectivity index (χ1n) is 6.80. The average Bonchev–Trinajstić information content (AvgIpc) is 2.52. The first kappa shape index (κ1) is 15.0. The largest absolute Gasteiger partial charge is 0.490 e. The van der Waals surface area contributed by atoms with Crippen LogP contribution >= 0.6 is 0 Å². The number of aliphatic hydroxyl groups is 1. The van der Waals surface area contributed by atoms with Crippen molar-refractivity contribution in [2.24, 2.45) is 0 Å². The van der Waals surface area contributed by atoms with Crippen molar-refractivity contribution in [3.05, 3.63) is 59.7 Å². The molecule has 0 aliphatic rings. The second-order valence-electron chi connectivity index (χ2n) is 4.45. The van der Waals surface area contributed by atoms with E-state index in [1.807, 2.05) is 55.5 Å². The lowest BCUT2D eigenvalue weighted by Gasteiger charge is -2.10. The SMILES string of the molecule is Cc1cc(C#CCO)ccc1OCCOc1ccccc1. The maximum atomic E-state index is 8.68. The Labute approximate surface area is 125 Å². The van der Waals surface area contributed by atoms with Crippen molar-refractivity contribution in [3.8, 4) is 23.3 Å². The van der Waals surface area contributed by atoms with Gasteiger partial charge in [-0.05, 0) is 42.8 Å². The summed E-state index contributed by atoms with van der Waals surface area (Å²) in [7, 11) is 0. The minimum absolute atomic E-state index is 0.131. The second-order valence-corrected chi connectivity index (χ2v) is 4.45. The van der Waals surface area contributed by atoms with Crippen LogP contribution in [0.5, 0.6) is 11.5 Å². The molecule has 2 rings (SSSR count). The van der Waals surface area contributed by atoms with Crippen molar-refractivity contribution in [2.45, 2.75) is 6.92 Å². The normalized spacial score (nSPS) is 9.62. The fraction of sp³-hybridized carbons (Fsp3) is 0.222. The van der Waals surface area contributed by atoms with Crippen LogP contribution in [-0.4, -0.2) is 24.9 Å². The number of hydrogen-bond acceptors (Lipinski definition) is 3. The molecule has 0 heterocycles. The van der Waals surface area contributed by atoms with Gasteiger partial charge in [0.05, 0.1) is 0 Å². The van der Waals surface area contributed by atoms with E-state index in [0.29, 0.717) is 13.2 Å². The lowest BCUT2D eigenvalue weighted by atomic mass is 10.1. The predicted octanol–water partition coefficient (Wildman–Crippen LogP) is 2.80. The number of aryl methyl sites for hydroxylation is 1. The van der Waals surface area contributed by atoms with Crippen LogP contribution in [0.2, 0.25) is 0 Å². The molecule has 3 heteroatoms. The smallest absolute Gasteiger partial charge is 0.122 e. The zero-order valence-electron chi connectivity index (χ0n) is 12.0. The van der Waals surface area contributed by atoms with Gasteiger partial charge in [0, 0.05) is 5.56 Å². The number of para-hydroxylation sites is 1. The van der Waals surface area contributed by atoms with Crippen LogP contribution in [0, 0.1) is 18.8 Å². The van der Waals surface area contributed by atoms with E-state index < -0.39 is 0 Å². The van der Waals surface area contributed by atoms with Gasteiger partial charge in [-0.1, -0.05) is 30.0 Å². The molecule has 0 saturated heterocycles. The predicted molar refractivity (Wildman–Crippen MR) is 82.6 cm³/mol. The monoisotopic (exact) mass is 282 g/mol. The summed E-state index contributed by atoms with van der Waals surface area (Å²) in [5.41, 5.74) is 1.88. The number of hydrogen-bond donors (Lipinski definition) is 1. The molecule has 0 atom stereocenters. The molecule has 0 unspecified atom stereocenters. The summed E-state index contributed by atoms with van der Waals surface area (Å²) in [6.45, 7) is 2.82. The van der Waals surface area contributed by atoms with E-state index >= 15 is 0 Å².